The quantitative estimate of drug-likeness (QED) is 0.476. The molecule has 4 rings (SSSR count). The molecule has 3 amide bonds. The summed E-state index contributed by atoms with van der Waals surface area (Å²) < 4.78 is 0. The first-order valence-electron chi connectivity index (χ1n) is 8.75. The first-order valence-corrected chi connectivity index (χ1v) is 8.75. The van der Waals surface area contributed by atoms with Crippen molar-refractivity contribution in [1.82, 2.24) is 10.6 Å². The Bertz CT molecular complexity index is 633. The highest BCUT2D eigenvalue weighted by molar-refractivity contribution is 5.94. The van der Waals surface area contributed by atoms with Gasteiger partial charge in [0.25, 0.3) is 0 Å². The van der Waals surface area contributed by atoms with Crippen molar-refractivity contribution >= 4 is 17.7 Å². The van der Waals surface area contributed by atoms with Crippen molar-refractivity contribution in [3.05, 3.63) is 12.2 Å². The number of rotatable bonds is 5. The molecule has 2 bridgehead atoms. The minimum atomic E-state index is -1.14. The van der Waals surface area contributed by atoms with E-state index in [9.17, 15) is 14.4 Å². The van der Waals surface area contributed by atoms with E-state index in [0.29, 0.717) is 31.3 Å². The van der Waals surface area contributed by atoms with Gasteiger partial charge < -0.3 is 22.1 Å². The largest absolute Gasteiger partial charge is 0.369 e. The summed E-state index contributed by atoms with van der Waals surface area (Å²) in [5.74, 6) is -1.17. The zero-order valence-corrected chi connectivity index (χ0v) is 13.5. The highest BCUT2D eigenvalue weighted by atomic mass is 16.2. The Morgan fingerprint density at radius 2 is 2.04 bits per heavy atom. The summed E-state index contributed by atoms with van der Waals surface area (Å²) in [6, 6.07) is 0. The van der Waals surface area contributed by atoms with E-state index < -0.39 is 23.3 Å². The lowest BCUT2D eigenvalue weighted by Crippen LogP contribution is -2.65. The van der Waals surface area contributed by atoms with E-state index >= 15 is 0 Å². The number of nitrogens with one attached hydrogen (secondary N) is 2. The summed E-state index contributed by atoms with van der Waals surface area (Å²) in [5, 5.41) is 6.08. The average Bonchev–Trinajstić information content (AvgIpc) is 3.27. The first kappa shape index (κ1) is 15.6. The summed E-state index contributed by atoms with van der Waals surface area (Å²) in [4.78, 5) is 36.8. The van der Waals surface area contributed by atoms with Crippen molar-refractivity contribution < 1.29 is 14.4 Å². The van der Waals surface area contributed by atoms with Crippen molar-refractivity contribution in [2.45, 2.75) is 24.8 Å². The lowest BCUT2D eigenvalue weighted by Gasteiger charge is -2.41. The smallest absolute Gasteiger partial charge is 0.238 e. The molecule has 0 aromatic heterocycles. The van der Waals surface area contributed by atoms with E-state index in [2.05, 4.69) is 22.8 Å². The fourth-order valence-corrected chi connectivity index (χ4v) is 5.74. The zero-order chi connectivity index (χ0) is 17.1. The SMILES string of the molecule is NC(=O)[C@@H](C[C@H]1CCNC1=O)C1(C(N)=O)NCC2C3C=CC(C3)C21. The molecule has 5 unspecified atom stereocenters. The highest BCUT2D eigenvalue weighted by Crippen LogP contribution is 2.57. The second-order valence-corrected chi connectivity index (χ2v) is 7.72. The van der Waals surface area contributed by atoms with Gasteiger partial charge in [-0.25, -0.2) is 0 Å². The van der Waals surface area contributed by atoms with Gasteiger partial charge in [0.05, 0.1) is 5.92 Å². The van der Waals surface area contributed by atoms with Crippen LogP contribution in [-0.4, -0.2) is 36.3 Å². The van der Waals surface area contributed by atoms with Crippen LogP contribution in [-0.2, 0) is 14.4 Å². The Hall–Kier alpha value is -1.89. The normalized spacial score (nSPS) is 43.7. The summed E-state index contributed by atoms with van der Waals surface area (Å²) in [6.45, 7) is 1.27. The molecule has 2 aliphatic heterocycles. The molecule has 6 N–H and O–H groups in total. The number of primary amides is 2. The molecule has 0 aromatic rings. The van der Waals surface area contributed by atoms with Gasteiger partial charge in [0, 0.05) is 12.5 Å². The van der Waals surface area contributed by atoms with Gasteiger partial charge in [-0.15, -0.1) is 0 Å². The molecular weight excluding hydrogens is 308 g/mol. The molecule has 2 saturated heterocycles. The summed E-state index contributed by atoms with van der Waals surface area (Å²) in [7, 11) is 0. The molecule has 1 saturated carbocycles. The maximum atomic E-state index is 12.6. The molecule has 3 fully saturated rings. The number of carbonyl (C=O) groups is 3. The third-order valence-corrected chi connectivity index (χ3v) is 6.76. The van der Waals surface area contributed by atoms with Crippen LogP contribution in [0.25, 0.3) is 0 Å². The fourth-order valence-electron chi connectivity index (χ4n) is 5.74. The van der Waals surface area contributed by atoms with Gasteiger partial charge in [-0.1, -0.05) is 12.2 Å². The Morgan fingerprint density at radius 1 is 1.29 bits per heavy atom. The summed E-state index contributed by atoms with van der Waals surface area (Å²) in [6.07, 6.45) is 6.32. The van der Waals surface area contributed by atoms with Crippen LogP contribution in [0.1, 0.15) is 19.3 Å². The van der Waals surface area contributed by atoms with Crippen molar-refractivity contribution in [3.63, 3.8) is 0 Å². The predicted molar refractivity (Wildman–Crippen MR) is 86.1 cm³/mol. The van der Waals surface area contributed by atoms with Gasteiger partial charge in [-0.3, -0.25) is 14.4 Å². The molecule has 130 valence electrons. The van der Waals surface area contributed by atoms with E-state index in [0.717, 1.165) is 6.42 Å². The number of fused-ring (bicyclic) bond motifs is 5. The topological polar surface area (TPSA) is 127 Å². The number of hydrogen-bond acceptors (Lipinski definition) is 4. The Labute approximate surface area is 140 Å². The van der Waals surface area contributed by atoms with Crippen LogP contribution in [0.2, 0.25) is 0 Å². The third-order valence-electron chi connectivity index (χ3n) is 6.76. The van der Waals surface area contributed by atoms with Gasteiger partial charge in [-0.2, -0.15) is 0 Å². The van der Waals surface area contributed by atoms with E-state index in [-0.39, 0.29) is 30.1 Å². The predicted octanol–water partition coefficient (Wildman–Crippen LogP) is -1.12. The van der Waals surface area contributed by atoms with Crippen LogP contribution in [0, 0.1) is 35.5 Å². The third kappa shape index (κ3) is 1.97. The van der Waals surface area contributed by atoms with E-state index in [1.165, 1.54) is 0 Å². The number of nitrogens with two attached hydrogens (primary N) is 2. The van der Waals surface area contributed by atoms with Crippen LogP contribution in [0.4, 0.5) is 0 Å². The zero-order valence-electron chi connectivity index (χ0n) is 13.5. The summed E-state index contributed by atoms with van der Waals surface area (Å²) in [5.41, 5.74) is 10.4. The Balaban J connectivity index is 1.70. The molecule has 4 aliphatic rings. The second-order valence-electron chi connectivity index (χ2n) is 7.72. The van der Waals surface area contributed by atoms with Gasteiger partial charge in [0.1, 0.15) is 5.54 Å². The molecule has 0 spiro atoms. The second kappa shape index (κ2) is 5.31. The molecule has 7 atom stereocenters. The standard InChI is InChI=1S/C17H24N4O3/c18-14(22)12(6-10-3-4-20-15(10)23)17(16(19)24)13-9-2-1-8(5-9)11(13)7-21-17/h1-2,8-13,21H,3-7H2,(H2,18,22)(H2,19,24)(H,20,23)/t8?,9?,10-,11?,12-,13?,17?/m1/s1. The van der Waals surface area contributed by atoms with Crippen molar-refractivity contribution in [3.8, 4) is 0 Å². The molecule has 7 nitrogen and oxygen atoms in total. The lowest BCUT2D eigenvalue weighted by molar-refractivity contribution is -0.138. The van der Waals surface area contributed by atoms with Crippen LogP contribution >= 0.6 is 0 Å². The van der Waals surface area contributed by atoms with Gasteiger partial charge >= 0.3 is 0 Å². The monoisotopic (exact) mass is 332 g/mol. The van der Waals surface area contributed by atoms with E-state index in [4.69, 9.17) is 11.5 Å². The van der Waals surface area contributed by atoms with Crippen LogP contribution < -0.4 is 22.1 Å². The van der Waals surface area contributed by atoms with Crippen molar-refractivity contribution in [2.75, 3.05) is 13.1 Å². The Morgan fingerprint density at radius 3 is 2.67 bits per heavy atom. The lowest BCUT2D eigenvalue weighted by atomic mass is 9.65. The Kier molecular flexibility index (Phi) is 3.46. The van der Waals surface area contributed by atoms with Crippen LogP contribution in [0.3, 0.4) is 0 Å². The minimum absolute atomic E-state index is 0.00744. The maximum Gasteiger partial charge on any atom is 0.238 e. The number of hydrogen-bond donors (Lipinski definition) is 4. The van der Waals surface area contributed by atoms with Crippen LogP contribution in [0.5, 0.6) is 0 Å². The average molecular weight is 332 g/mol. The number of carbonyl (C=O) groups excluding carboxylic acids is 3. The van der Waals surface area contributed by atoms with Crippen LogP contribution in [0.15, 0.2) is 12.2 Å². The number of allylic oxidation sites excluding steroid dienone is 2. The molecule has 2 aliphatic carbocycles. The van der Waals surface area contributed by atoms with Gasteiger partial charge in [0.2, 0.25) is 17.7 Å². The molecule has 24 heavy (non-hydrogen) atoms. The fraction of sp³-hybridized carbons (Fsp3) is 0.706. The molecule has 2 heterocycles. The number of amides is 3. The van der Waals surface area contributed by atoms with Crippen molar-refractivity contribution in [1.29, 1.82) is 0 Å². The van der Waals surface area contributed by atoms with Gasteiger partial charge in [0.15, 0.2) is 0 Å². The van der Waals surface area contributed by atoms with Crippen molar-refractivity contribution in [2.24, 2.45) is 47.0 Å². The molecule has 7 heteroatoms. The van der Waals surface area contributed by atoms with E-state index in [1.54, 1.807) is 0 Å². The molecule has 0 aromatic carbocycles. The first-order chi connectivity index (χ1) is 11.4. The maximum absolute atomic E-state index is 12.6. The highest BCUT2D eigenvalue weighted by Gasteiger charge is 2.65. The van der Waals surface area contributed by atoms with E-state index in [1.807, 2.05) is 0 Å². The van der Waals surface area contributed by atoms with Gasteiger partial charge in [-0.05, 0) is 49.5 Å². The summed E-state index contributed by atoms with van der Waals surface area (Å²) >= 11 is 0. The molecule has 0 radical (unpaired) electrons. The molecular formula is C17H24N4O3. The minimum Gasteiger partial charge on any atom is -0.369 e.